The quantitative estimate of drug-likeness (QED) is 0.309. The molecule has 2 N–H and O–H groups in total. The molecule has 2 atom stereocenters. The minimum Gasteiger partial charge on any atom is -1.00 e. The van der Waals surface area contributed by atoms with Gasteiger partial charge in [-0.3, -0.25) is 0 Å². The van der Waals surface area contributed by atoms with Crippen molar-refractivity contribution in [3.05, 3.63) is 90.8 Å². The second-order valence-electron chi connectivity index (χ2n) is 8.92. The van der Waals surface area contributed by atoms with Gasteiger partial charge in [-0.05, 0) is 43.5 Å². The molecule has 0 spiro atoms. The van der Waals surface area contributed by atoms with Crippen LogP contribution in [0.2, 0.25) is 0 Å². The Morgan fingerprint density at radius 1 is 0.909 bits per heavy atom. The number of aromatic amines is 1. The predicted octanol–water partition coefficient (Wildman–Crippen LogP) is 2.45. The highest BCUT2D eigenvalue weighted by Gasteiger charge is 2.28. The van der Waals surface area contributed by atoms with E-state index in [1.54, 1.807) is 0 Å². The normalized spacial score (nSPS) is 16.9. The molecule has 5 heteroatoms. The number of halogens is 1. The van der Waals surface area contributed by atoms with Gasteiger partial charge in [-0.25, -0.2) is 9.55 Å². The van der Waals surface area contributed by atoms with Crippen LogP contribution in [-0.2, 0) is 13.1 Å². The van der Waals surface area contributed by atoms with Gasteiger partial charge in [0.05, 0.1) is 12.5 Å². The van der Waals surface area contributed by atoms with Crippen LogP contribution < -0.4 is 17.0 Å². The molecule has 0 bridgehead atoms. The van der Waals surface area contributed by atoms with Crippen molar-refractivity contribution in [2.45, 2.75) is 44.4 Å². The molecule has 0 amide bonds. The third-order valence-corrected chi connectivity index (χ3v) is 6.87. The topological polar surface area (TPSA) is 44.8 Å². The molecule has 0 fully saturated rings. The Balaban J connectivity index is 0.00000228. The number of allylic oxidation sites excluding steroid dienone is 2. The van der Waals surface area contributed by atoms with E-state index in [-0.39, 0.29) is 12.4 Å². The third kappa shape index (κ3) is 3.84. The van der Waals surface area contributed by atoms with Crippen LogP contribution in [0.25, 0.3) is 32.8 Å². The molecule has 2 unspecified atom stereocenters. The van der Waals surface area contributed by atoms with Crippen LogP contribution in [0, 0.1) is 0 Å². The fourth-order valence-corrected chi connectivity index (χ4v) is 5.39. The minimum absolute atomic E-state index is 0. The lowest BCUT2D eigenvalue weighted by molar-refractivity contribution is -0.687. The molecule has 0 saturated heterocycles. The summed E-state index contributed by atoms with van der Waals surface area (Å²) in [5.41, 5.74) is 4.66. The number of hydrogen-bond donors (Lipinski definition) is 2. The van der Waals surface area contributed by atoms with E-state index in [9.17, 15) is 5.11 Å². The highest BCUT2D eigenvalue weighted by Crippen LogP contribution is 2.30. The number of fused-ring (bicyclic) bond motifs is 4. The molecule has 3 aromatic carbocycles. The molecule has 0 radical (unpaired) electrons. The zero-order valence-corrected chi connectivity index (χ0v) is 19.2. The maximum atomic E-state index is 11.3. The summed E-state index contributed by atoms with van der Waals surface area (Å²) in [6.45, 7) is 1.13. The standard InChI is InChI=1S/C28H27N3O.ClH/c32-21(18-30-25-15-7-4-12-22(25)23-13-5-8-16-26(23)30)19-31-27-17-9-6-14-24(27)29-28(31)20-10-2-1-3-11-20;/h1-2,4-9,12-17,20-21,32H,3,10-11,18-19H2;1H. The van der Waals surface area contributed by atoms with Gasteiger partial charge in [-0.1, -0.05) is 60.7 Å². The van der Waals surface area contributed by atoms with Gasteiger partial charge in [0.15, 0.2) is 11.0 Å². The molecular formula is C28H28ClN3O. The second-order valence-corrected chi connectivity index (χ2v) is 8.92. The van der Waals surface area contributed by atoms with Crippen molar-refractivity contribution in [3.8, 4) is 0 Å². The molecule has 1 aliphatic carbocycles. The number of aliphatic hydroxyl groups excluding tert-OH is 1. The minimum atomic E-state index is -0.503. The van der Waals surface area contributed by atoms with Gasteiger partial charge in [-0.15, -0.1) is 0 Å². The summed E-state index contributed by atoms with van der Waals surface area (Å²) >= 11 is 0. The van der Waals surface area contributed by atoms with Crippen LogP contribution in [-0.4, -0.2) is 20.8 Å². The Labute approximate surface area is 199 Å². The maximum Gasteiger partial charge on any atom is 0.258 e. The number of nitrogens with one attached hydrogen (secondary N) is 1. The lowest BCUT2D eigenvalue weighted by Crippen LogP contribution is -3.00. The molecule has 33 heavy (non-hydrogen) atoms. The fourth-order valence-electron chi connectivity index (χ4n) is 5.39. The maximum absolute atomic E-state index is 11.3. The number of aromatic nitrogens is 3. The molecule has 2 aromatic heterocycles. The zero-order valence-electron chi connectivity index (χ0n) is 18.5. The average Bonchev–Trinajstić information content (AvgIpc) is 3.36. The van der Waals surface area contributed by atoms with Crippen LogP contribution in [0.5, 0.6) is 0 Å². The van der Waals surface area contributed by atoms with Crippen molar-refractivity contribution in [3.63, 3.8) is 0 Å². The van der Waals surface area contributed by atoms with Gasteiger partial charge in [0.2, 0.25) is 0 Å². The van der Waals surface area contributed by atoms with E-state index in [0.29, 0.717) is 19.0 Å². The van der Waals surface area contributed by atoms with Gasteiger partial charge in [0.1, 0.15) is 12.6 Å². The summed E-state index contributed by atoms with van der Waals surface area (Å²) in [4.78, 5) is 3.67. The van der Waals surface area contributed by atoms with E-state index in [0.717, 1.165) is 24.8 Å². The Bertz CT molecular complexity index is 1390. The molecular weight excluding hydrogens is 430 g/mol. The largest absolute Gasteiger partial charge is 1.00 e. The van der Waals surface area contributed by atoms with Crippen LogP contribution >= 0.6 is 0 Å². The first kappa shape index (κ1) is 21.7. The van der Waals surface area contributed by atoms with Gasteiger partial charge in [0, 0.05) is 21.8 Å². The van der Waals surface area contributed by atoms with Gasteiger partial charge >= 0.3 is 0 Å². The molecule has 0 aliphatic heterocycles. The van der Waals surface area contributed by atoms with Gasteiger partial charge < -0.3 is 22.1 Å². The summed E-state index contributed by atoms with van der Waals surface area (Å²) < 4.78 is 4.59. The van der Waals surface area contributed by atoms with Crippen LogP contribution in [0.15, 0.2) is 84.9 Å². The lowest BCUT2D eigenvalue weighted by Gasteiger charge is -2.17. The van der Waals surface area contributed by atoms with Crippen LogP contribution in [0.3, 0.4) is 0 Å². The first-order valence-corrected chi connectivity index (χ1v) is 11.6. The molecule has 4 nitrogen and oxygen atoms in total. The van der Waals surface area contributed by atoms with E-state index in [4.69, 9.17) is 0 Å². The first-order valence-electron chi connectivity index (χ1n) is 11.6. The van der Waals surface area contributed by atoms with Crippen molar-refractivity contribution in [2.75, 3.05) is 0 Å². The zero-order chi connectivity index (χ0) is 21.5. The third-order valence-electron chi connectivity index (χ3n) is 6.87. The monoisotopic (exact) mass is 457 g/mol. The van der Waals surface area contributed by atoms with E-state index in [2.05, 4.69) is 99.1 Å². The summed E-state index contributed by atoms with van der Waals surface area (Å²) in [5.74, 6) is 1.70. The number of aliphatic hydroxyl groups is 1. The second kappa shape index (κ2) is 9.05. The number of rotatable bonds is 5. The van der Waals surface area contributed by atoms with Gasteiger partial charge in [-0.2, -0.15) is 0 Å². The summed E-state index contributed by atoms with van der Waals surface area (Å²) in [7, 11) is 0. The SMILES string of the molecule is OC(Cn1c2ccccc2c2ccccc21)C[n+]1c(C2CC=CCC2)[nH]c2ccccc21.[Cl-]. The van der Waals surface area contributed by atoms with Crippen molar-refractivity contribution < 1.29 is 22.1 Å². The van der Waals surface area contributed by atoms with E-state index in [1.165, 1.54) is 33.1 Å². The number of H-pyrrole nitrogens is 1. The lowest BCUT2D eigenvalue weighted by atomic mass is 9.93. The Hall–Kier alpha value is -3.08. The van der Waals surface area contributed by atoms with Crippen LogP contribution in [0.1, 0.15) is 31.0 Å². The van der Waals surface area contributed by atoms with Crippen molar-refractivity contribution in [1.82, 2.24) is 9.55 Å². The van der Waals surface area contributed by atoms with Crippen LogP contribution in [0.4, 0.5) is 0 Å². The summed E-state index contributed by atoms with van der Waals surface area (Å²) in [6, 6.07) is 25.4. The fraction of sp³-hybridized carbons (Fsp3) is 0.250. The Morgan fingerprint density at radius 2 is 1.58 bits per heavy atom. The van der Waals surface area contributed by atoms with E-state index < -0.39 is 6.10 Å². The number of nitrogens with zero attached hydrogens (tertiary/aromatic N) is 2. The molecule has 5 aromatic rings. The van der Waals surface area contributed by atoms with E-state index >= 15 is 0 Å². The Kier molecular flexibility index (Phi) is 5.96. The Morgan fingerprint density at radius 3 is 2.27 bits per heavy atom. The number of benzene rings is 3. The molecule has 2 heterocycles. The number of imidazole rings is 1. The molecule has 0 saturated carbocycles. The number of hydrogen-bond acceptors (Lipinski definition) is 1. The first-order chi connectivity index (χ1) is 15.8. The van der Waals surface area contributed by atoms with Crippen molar-refractivity contribution in [1.29, 1.82) is 0 Å². The van der Waals surface area contributed by atoms with Gasteiger partial charge in [0.25, 0.3) is 5.82 Å². The average molecular weight is 458 g/mol. The molecule has 1 aliphatic rings. The van der Waals surface area contributed by atoms with Crippen molar-refractivity contribution >= 4 is 32.8 Å². The summed E-state index contributed by atoms with van der Waals surface area (Å²) in [6.07, 6.45) is 7.38. The number of para-hydroxylation sites is 4. The predicted molar refractivity (Wildman–Crippen MR) is 130 cm³/mol. The molecule has 168 valence electrons. The highest BCUT2D eigenvalue weighted by molar-refractivity contribution is 6.07. The molecule has 6 rings (SSSR count). The van der Waals surface area contributed by atoms with Crippen molar-refractivity contribution in [2.24, 2.45) is 0 Å². The van der Waals surface area contributed by atoms with E-state index in [1.807, 2.05) is 0 Å². The smallest absolute Gasteiger partial charge is 0.258 e. The highest BCUT2D eigenvalue weighted by atomic mass is 35.5. The summed E-state index contributed by atoms with van der Waals surface area (Å²) in [5, 5.41) is 13.8.